The van der Waals surface area contributed by atoms with E-state index in [-0.39, 0.29) is 0 Å². The number of unbranched alkanes of at least 4 members (excludes halogenated alkanes) is 1. The van der Waals surface area contributed by atoms with Crippen molar-refractivity contribution < 1.29 is 0 Å². The van der Waals surface area contributed by atoms with Crippen molar-refractivity contribution >= 4 is 0 Å². The van der Waals surface area contributed by atoms with E-state index in [9.17, 15) is 0 Å². The average molecular weight is 257 g/mol. The van der Waals surface area contributed by atoms with E-state index < -0.39 is 0 Å². The van der Waals surface area contributed by atoms with E-state index in [0.29, 0.717) is 6.04 Å². The average Bonchev–Trinajstić information content (AvgIpc) is 2.97. The lowest BCUT2D eigenvalue weighted by Crippen LogP contribution is -2.25. The Bertz CT molecular complexity index is 436. The predicted molar refractivity (Wildman–Crippen MR) is 78.9 cm³/mol. The molecule has 1 aromatic heterocycles. The van der Waals surface area contributed by atoms with E-state index in [4.69, 9.17) is 0 Å². The molecule has 19 heavy (non-hydrogen) atoms. The first-order valence-corrected chi connectivity index (χ1v) is 7.14. The van der Waals surface area contributed by atoms with Crippen LogP contribution in [0.15, 0.2) is 49.1 Å². The molecule has 1 N–H and O–H groups in total. The van der Waals surface area contributed by atoms with Crippen LogP contribution >= 0.6 is 0 Å². The normalized spacial score (nSPS) is 12.5. The minimum Gasteiger partial charge on any atom is -0.336 e. The van der Waals surface area contributed by atoms with Crippen LogP contribution in [0.1, 0.15) is 37.8 Å². The number of rotatable bonds is 8. The van der Waals surface area contributed by atoms with Gasteiger partial charge in [0.2, 0.25) is 0 Å². The first-order chi connectivity index (χ1) is 9.40. The summed E-state index contributed by atoms with van der Waals surface area (Å²) in [7, 11) is 0. The summed E-state index contributed by atoms with van der Waals surface area (Å²) in [6.45, 7) is 4.18. The SMILES string of the molecule is CCCCC(NCCn1ccnc1)c1ccccc1. The van der Waals surface area contributed by atoms with Gasteiger partial charge in [0, 0.05) is 31.5 Å². The topological polar surface area (TPSA) is 29.9 Å². The summed E-state index contributed by atoms with van der Waals surface area (Å²) in [6.07, 6.45) is 9.40. The van der Waals surface area contributed by atoms with Crippen LogP contribution in [0.3, 0.4) is 0 Å². The van der Waals surface area contributed by atoms with Crippen LogP contribution in [0.2, 0.25) is 0 Å². The Balaban J connectivity index is 1.87. The summed E-state index contributed by atoms with van der Waals surface area (Å²) in [5, 5.41) is 3.66. The Labute approximate surface area is 115 Å². The molecule has 0 aliphatic carbocycles. The summed E-state index contributed by atoms with van der Waals surface area (Å²) < 4.78 is 2.11. The number of hydrogen-bond donors (Lipinski definition) is 1. The second-order valence-electron chi connectivity index (χ2n) is 4.86. The number of imidazole rings is 1. The molecule has 1 heterocycles. The predicted octanol–water partition coefficient (Wildman–Crippen LogP) is 3.40. The van der Waals surface area contributed by atoms with Gasteiger partial charge in [-0.1, -0.05) is 50.1 Å². The molecule has 0 spiro atoms. The largest absolute Gasteiger partial charge is 0.336 e. The fraction of sp³-hybridized carbons (Fsp3) is 0.438. The minimum absolute atomic E-state index is 0.463. The van der Waals surface area contributed by atoms with Gasteiger partial charge in [0.15, 0.2) is 0 Å². The molecule has 0 amide bonds. The van der Waals surface area contributed by atoms with Crippen LogP contribution < -0.4 is 5.32 Å². The molecule has 2 aromatic rings. The van der Waals surface area contributed by atoms with Crippen molar-refractivity contribution in [3.63, 3.8) is 0 Å². The highest BCUT2D eigenvalue weighted by atomic mass is 15.0. The Kier molecular flexibility index (Phi) is 5.63. The fourth-order valence-corrected chi connectivity index (χ4v) is 2.27. The molecule has 2 rings (SSSR count). The molecular formula is C16H23N3. The second-order valence-corrected chi connectivity index (χ2v) is 4.86. The molecule has 0 aliphatic heterocycles. The van der Waals surface area contributed by atoms with Gasteiger partial charge < -0.3 is 9.88 Å². The van der Waals surface area contributed by atoms with Crippen LogP contribution in [0.5, 0.6) is 0 Å². The smallest absolute Gasteiger partial charge is 0.0946 e. The maximum atomic E-state index is 4.06. The molecule has 1 unspecified atom stereocenters. The number of benzene rings is 1. The van der Waals surface area contributed by atoms with Crippen LogP contribution in [0.25, 0.3) is 0 Å². The molecule has 1 aromatic carbocycles. The molecule has 0 saturated heterocycles. The third kappa shape index (κ3) is 4.52. The lowest BCUT2D eigenvalue weighted by Gasteiger charge is -2.19. The van der Waals surface area contributed by atoms with Crippen LogP contribution in [0, 0.1) is 0 Å². The molecule has 1 atom stereocenters. The molecule has 0 saturated carbocycles. The molecule has 0 aliphatic rings. The molecule has 0 bridgehead atoms. The minimum atomic E-state index is 0.463. The Morgan fingerprint density at radius 3 is 2.79 bits per heavy atom. The Morgan fingerprint density at radius 1 is 1.26 bits per heavy atom. The van der Waals surface area contributed by atoms with Gasteiger partial charge in [0.05, 0.1) is 6.33 Å². The highest BCUT2D eigenvalue weighted by molar-refractivity contribution is 5.18. The third-order valence-electron chi connectivity index (χ3n) is 3.37. The summed E-state index contributed by atoms with van der Waals surface area (Å²) in [6, 6.07) is 11.2. The highest BCUT2D eigenvalue weighted by Gasteiger charge is 2.09. The van der Waals surface area contributed by atoms with Gasteiger partial charge in [0.25, 0.3) is 0 Å². The Hall–Kier alpha value is -1.61. The van der Waals surface area contributed by atoms with Gasteiger partial charge in [-0.25, -0.2) is 4.98 Å². The zero-order valence-electron chi connectivity index (χ0n) is 11.6. The lowest BCUT2D eigenvalue weighted by molar-refractivity contribution is 0.463. The van der Waals surface area contributed by atoms with Crippen LogP contribution in [-0.2, 0) is 6.54 Å². The first-order valence-electron chi connectivity index (χ1n) is 7.14. The van der Waals surface area contributed by atoms with Gasteiger partial charge in [-0.2, -0.15) is 0 Å². The van der Waals surface area contributed by atoms with Gasteiger partial charge in [-0.3, -0.25) is 0 Å². The number of nitrogens with zero attached hydrogens (tertiary/aromatic N) is 2. The van der Waals surface area contributed by atoms with Gasteiger partial charge >= 0.3 is 0 Å². The van der Waals surface area contributed by atoms with Crippen molar-refractivity contribution in [3.8, 4) is 0 Å². The van der Waals surface area contributed by atoms with E-state index in [2.05, 4.69) is 52.1 Å². The summed E-state index contributed by atoms with van der Waals surface area (Å²) in [4.78, 5) is 4.06. The molecular weight excluding hydrogens is 234 g/mol. The summed E-state index contributed by atoms with van der Waals surface area (Å²) in [5.74, 6) is 0. The fourth-order valence-electron chi connectivity index (χ4n) is 2.27. The number of hydrogen-bond acceptors (Lipinski definition) is 2. The van der Waals surface area contributed by atoms with Gasteiger partial charge in [0.1, 0.15) is 0 Å². The summed E-state index contributed by atoms with van der Waals surface area (Å²) >= 11 is 0. The zero-order valence-corrected chi connectivity index (χ0v) is 11.6. The maximum Gasteiger partial charge on any atom is 0.0946 e. The number of nitrogens with one attached hydrogen (secondary N) is 1. The Morgan fingerprint density at radius 2 is 2.11 bits per heavy atom. The number of aromatic nitrogens is 2. The lowest BCUT2D eigenvalue weighted by atomic mass is 10.0. The van der Waals surface area contributed by atoms with Gasteiger partial charge in [-0.15, -0.1) is 0 Å². The van der Waals surface area contributed by atoms with Crippen molar-refractivity contribution in [2.75, 3.05) is 6.54 Å². The standard InChI is InChI=1S/C16H23N3/c1-2-3-9-16(15-7-5-4-6-8-15)18-11-13-19-12-10-17-14-19/h4-8,10,12,14,16,18H,2-3,9,11,13H2,1H3. The van der Waals surface area contributed by atoms with Gasteiger partial charge in [-0.05, 0) is 12.0 Å². The molecule has 0 radical (unpaired) electrons. The van der Waals surface area contributed by atoms with Crippen LogP contribution in [0.4, 0.5) is 0 Å². The van der Waals surface area contributed by atoms with E-state index in [1.165, 1.54) is 24.8 Å². The quantitative estimate of drug-likeness (QED) is 0.785. The van der Waals surface area contributed by atoms with Crippen molar-refractivity contribution in [2.45, 2.75) is 38.8 Å². The van der Waals surface area contributed by atoms with E-state index in [1.54, 1.807) is 0 Å². The molecule has 0 fully saturated rings. The molecule has 3 nitrogen and oxygen atoms in total. The third-order valence-corrected chi connectivity index (χ3v) is 3.37. The van der Waals surface area contributed by atoms with E-state index in [0.717, 1.165) is 13.1 Å². The van der Waals surface area contributed by atoms with Crippen molar-refractivity contribution in [1.82, 2.24) is 14.9 Å². The van der Waals surface area contributed by atoms with E-state index in [1.807, 2.05) is 18.7 Å². The zero-order chi connectivity index (χ0) is 13.3. The van der Waals surface area contributed by atoms with E-state index >= 15 is 0 Å². The molecule has 102 valence electrons. The monoisotopic (exact) mass is 257 g/mol. The second kappa shape index (κ2) is 7.74. The van der Waals surface area contributed by atoms with Crippen molar-refractivity contribution in [3.05, 3.63) is 54.6 Å². The van der Waals surface area contributed by atoms with Crippen molar-refractivity contribution in [2.24, 2.45) is 0 Å². The van der Waals surface area contributed by atoms with Crippen molar-refractivity contribution in [1.29, 1.82) is 0 Å². The molecule has 3 heteroatoms. The maximum absolute atomic E-state index is 4.06. The van der Waals surface area contributed by atoms with Crippen LogP contribution in [-0.4, -0.2) is 16.1 Å². The first kappa shape index (κ1) is 13.8. The summed E-state index contributed by atoms with van der Waals surface area (Å²) in [5.41, 5.74) is 1.39. The highest BCUT2D eigenvalue weighted by Crippen LogP contribution is 2.18.